The Labute approximate surface area is 155 Å². The zero-order valence-corrected chi connectivity index (χ0v) is 14.5. The topological polar surface area (TPSA) is 111 Å². The summed E-state index contributed by atoms with van der Waals surface area (Å²) in [6.45, 7) is 1.11. The highest BCUT2D eigenvalue weighted by atomic mass is 16.6. The van der Waals surface area contributed by atoms with Gasteiger partial charge in [-0.1, -0.05) is 18.2 Å². The van der Waals surface area contributed by atoms with Crippen LogP contribution in [0.5, 0.6) is 0 Å². The molecule has 140 valence electrons. The molecule has 2 amide bonds. The molecule has 0 radical (unpaired) electrons. The molecule has 0 saturated carbocycles. The van der Waals surface area contributed by atoms with Crippen molar-refractivity contribution in [3.05, 3.63) is 69.8 Å². The van der Waals surface area contributed by atoms with Gasteiger partial charge in [0.1, 0.15) is 0 Å². The quantitative estimate of drug-likeness (QED) is 0.601. The van der Waals surface area contributed by atoms with Crippen LogP contribution in [0.2, 0.25) is 0 Å². The molecule has 1 saturated heterocycles. The summed E-state index contributed by atoms with van der Waals surface area (Å²) in [5.74, 6) is -0.849. The number of para-hydroxylation sites is 1. The number of non-ortho nitro benzene ring substituents is 1. The first kappa shape index (κ1) is 18.5. The lowest BCUT2D eigenvalue weighted by atomic mass is 10.1. The molecule has 0 bridgehead atoms. The molecule has 1 atom stereocenters. The maximum absolute atomic E-state index is 12.5. The summed E-state index contributed by atoms with van der Waals surface area (Å²) in [6, 6.07) is 12.0. The second kappa shape index (κ2) is 8.41. The van der Waals surface area contributed by atoms with Crippen LogP contribution in [0.4, 0.5) is 11.4 Å². The second-order valence-electron chi connectivity index (χ2n) is 6.15. The van der Waals surface area contributed by atoms with Crippen LogP contribution in [0.1, 0.15) is 33.6 Å². The molecule has 2 N–H and O–H groups in total. The minimum Gasteiger partial charge on any atom is -0.376 e. The van der Waals surface area contributed by atoms with Gasteiger partial charge in [-0.2, -0.15) is 0 Å². The number of rotatable bonds is 6. The smallest absolute Gasteiger partial charge is 0.270 e. The standard InChI is InChI=1S/C19H19N3O5/c23-18(13-5-3-6-14(11-13)22(25)26)21-17-9-2-1-8-16(17)19(24)20-12-15-7-4-10-27-15/h1-3,5-6,8-9,11,15H,4,7,10,12H2,(H,20,24)(H,21,23). The van der Waals surface area contributed by atoms with Crippen LogP contribution in [0.3, 0.4) is 0 Å². The molecular formula is C19H19N3O5. The predicted octanol–water partition coefficient (Wildman–Crippen LogP) is 2.76. The second-order valence-corrected chi connectivity index (χ2v) is 6.15. The number of nitrogens with one attached hydrogen (secondary N) is 2. The maximum Gasteiger partial charge on any atom is 0.270 e. The Morgan fingerprint density at radius 3 is 2.70 bits per heavy atom. The van der Waals surface area contributed by atoms with Crippen molar-refractivity contribution in [2.45, 2.75) is 18.9 Å². The molecule has 1 fully saturated rings. The van der Waals surface area contributed by atoms with Crippen molar-refractivity contribution in [1.82, 2.24) is 5.32 Å². The molecule has 0 aliphatic carbocycles. The lowest BCUT2D eigenvalue weighted by molar-refractivity contribution is -0.384. The fourth-order valence-corrected chi connectivity index (χ4v) is 2.85. The van der Waals surface area contributed by atoms with Crippen molar-refractivity contribution in [2.24, 2.45) is 0 Å². The molecule has 1 aliphatic heterocycles. The zero-order chi connectivity index (χ0) is 19.2. The zero-order valence-electron chi connectivity index (χ0n) is 14.5. The van der Waals surface area contributed by atoms with Gasteiger partial charge in [-0.15, -0.1) is 0 Å². The van der Waals surface area contributed by atoms with Crippen molar-refractivity contribution < 1.29 is 19.2 Å². The van der Waals surface area contributed by atoms with E-state index in [9.17, 15) is 19.7 Å². The average molecular weight is 369 g/mol. The summed E-state index contributed by atoms with van der Waals surface area (Å²) < 4.78 is 5.48. The number of ether oxygens (including phenoxy) is 1. The van der Waals surface area contributed by atoms with Crippen molar-refractivity contribution >= 4 is 23.2 Å². The van der Waals surface area contributed by atoms with Gasteiger partial charge in [0.15, 0.2) is 0 Å². The number of hydrogen-bond acceptors (Lipinski definition) is 5. The number of anilines is 1. The first-order valence-electron chi connectivity index (χ1n) is 8.59. The van der Waals surface area contributed by atoms with E-state index >= 15 is 0 Å². The molecule has 0 spiro atoms. The van der Waals surface area contributed by atoms with Crippen LogP contribution < -0.4 is 10.6 Å². The largest absolute Gasteiger partial charge is 0.376 e. The maximum atomic E-state index is 12.5. The molecule has 27 heavy (non-hydrogen) atoms. The van der Waals surface area contributed by atoms with Crippen LogP contribution in [0.25, 0.3) is 0 Å². The first-order chi connectivity index (χ1) is 13.0. The molecule has 8 heteroatoms. The van der Waals surface area contributed by atoms with Gasteiger partial charge in [-0.05, 0) is 31.0 Å². The third kappa shape index (κ3) is 4.68. The van der Waals surface area contributed by atoms with E-state index in [1.165, 1.54) is 24.3 Å². The Hall–Kier alpha value is -3.26. The summed E-state index contributed by atoms with van der Waals surface area (Å²) in [6.07, 6.45) is 1.91. The van der Waals surface area contributed by atoms with E-state index in [1.54, 1.807) is 24.3 Å². The van der Waals surface area contributed by atoms with Gasteiger partial charge in [-0.3, -0.25) is 19.7 Å². The van der Waals surface area contributed by atoms with Crippen molar-refractivity contribution in [2.75, 3.05) is 18.5 Å². The van der Waals surface area contributed by atoms with E-state index in [4.69, 9.17) is 4.74 Å². The van der Waals surface area contributed by atoms with Gasteiger partial charge in [0.05, 0.1) is 22.3 Å². The third-order valence-corrected chi connectivity index (χ3v) is 4.25. The monoisotopic (exact) mass is 369 g/mol. The number of carbonyl (C=O) groups excluding carboxylic acids is 2. The van der Waals surface area contributed by atoms with E-state index in [0.29, 0.717) is 24.4 Å². The number of amides is 2. The van der Waals surface area contributed by atoms with Crippen LogP contribution in [-0.2, 0) is 4.74 Å². The molecule has 1 heterocycles. The van der Waals surface area contributed by atoms with E-state index in [-0.39, 0.29) is 23.3 Å². The molecule has 8 nitrogen and oxygen atoms in total. The molecule has 2 aromatic rings. The van der Waals surface area contributed by atoms with Crippen molar-refractivity contribution in [1.29, 1.82) is 0 Å². The minimum absolute atomic E-state index is 0.0144. The van der Waals surface area contributed by atoms with Crippen LogP contribution >= 0.6 is 0 Å². The lowest BCUT2D eigenvalue weighted by Gasteiger charge is -2.13. The van der Waals surface area contributed by atoms with E-state index in [2.05, 4.69) is 10.6 Å². The van der Waals surface area contributed by atoms with Gasteiger partial charge in [0.2, 0.25) is 0 Å². The van der Waals surface area contributed by atoms with Crippen LogP contribution in [-0.4, -0.2) is 36.0 Å². The number of nitrogens with zero attached hydrogens (tertiary/aromatic N) is 1. The molecule has 0 aromatic heterocycles. The summed E-state index contributed by atoms with van der Waals surface area (Å²) in [7, 11) is 0. The SMILES string of the molecule is O=C(Nc1ccccc1C(=O)NCC1CCCO1)c1cccc([N+](=O)[O-])c1. The number of nitro benzene ring substituents is 1. The molecular weight excluding hydrogens is 350 g/mol. The summed E-state index contributed by atoms with van der Waals surface area (Å²) in [4.78, 5) is 35.2. The van der Waals surface area contributed by atoms with E-state index in [0.717, 1.165) is 12.8 Å². The third-order valence-electron chi connectivity index (χ3n) is 4.25. The Morgan fingerprint density at radius 1 is 1.15 bits per heavy atom. The first-order valence-corrected chi connectivity index (χ1v) is 8.59. The highest BCUT2D eigenvalue weighted by Gasteiger charge is 2.19. The van der Waals surface area contributed by atoms with Crippen LogP contribution in [0.15, 0.2) is 48.5 Å². The van der Waals surface area contributed by atoms with Crippen molar-refractivity contribution in [3.63, 3.8) is 0 Å². The van der Waals surface area contributed by atoms with E-state index < -0.39 is 10.8 Å². The highest BCUT2D eigenvalue weighted by Crippen LogP contribution is 2.19. The molecule has 3 rings (SSSR count). The Morgan fingerprint density at radius 2 is 1.96 bits per heavy atom. The fraction of sp³-hybridized carbons (Fsp3) is 0.263. The average Bonchev–Trinajstić information content (AvgIpc) is 3.20. The fourth-order valence-electron chi connectivity index (χ4n) is 2.85. The number of hydrogen-bond donors (Lipinski definition) is 2. The Bertz CT molecular complexity index is 862. The summed E-state index contributed by atoms with van der Waals surface area (Å²) in [5.41, 5.74) is 0.608. The van der Waals surface area contributed by atoms with Crippen LogP contribution in [0, 0.1) is 10.1 Å². The van der Waals surface area contributed by atoms with Gasteiger partial charge >= 0.3 is 0 Å². The summed E-state index contributed by atoms with van der Waals surface area (Å²) in [5, 5.41) is 16.3. The summed E-state index contributed by atoms with van der Waals surface area (Å²) >= 11 is 0. The van der Waals surface area contributed by atoms with Gasteiger partial charge in [0.25, 0.3) is 17.5 Å². The Balaban J connectivity index is 1.71. The molecule has 2 aromatic carbocycles. The Kier molecular flexibility index (Phi) is 5.77. The van der Waals surface area contributed by atoms with Gasteiger partial charge < -0.3 is 15.4 Å². The van der Waals surface area contributed by atoms with E-state index in [1.807, 2.05) is 0 Å². The highest BCUT2D eigenvalue weighted by molar-refractivity contribution is 6.09. The molecule has 1 unspecified atom stereocenters. The number of nitro groups is 1. The van der Waals surface area contributed by atoms with Crippen molar-refractivity contribution in [3.8, 4) is 0 Å². The molecule has 1 aliphatic rings. The van der Waals surface area contributed by atoms with Gasteiger partial charge in [0, 0.05) is 30.8 Å². The normalized spacial score (nSPS) is 15.9. The minimum atomic E-state index is -0.566. The number of carbonyl (C=O) groups is 2. The lowest BCUT2D eigenvalue weighted by Crippen LogP contribution is -2.32. The number of benzene rings is 2. The van der Waals surface area contributed by atoms with Gasteiger partial charge in [-0.25, -0.2) is 0 Å². The predicted molar refractivity (Wildman–Crippen MR) is 98.8 cm³/mol.